The van der Waals surface area contributed by atoms with Gasteiger partial charge in [0.2, 0.25) is 5.95 Å². The van der Waals surface area contributed by atoms with Crippen molar-refractivity contribution in [1.29, 1.82) is 0 Å². The van der Waals surface area contributed by atoms with E-state index in [0.29, 0.717) is 35.8 Å². The molecular weight excluding hydrogens is 451 g/mol. The van der Waals surface area contributed by atoms with E-state index >= 15 is 0 Å². The molecule has 0 radical (unpaired) electrons. The first-order chi connectivity index (χ1) is 16.0. The molecule has 1 aromatic carbocycles. The van der Waals surface area contributed by atoms with Crippen molar-refractivity contribution in [3.05, 3.63) is 75.5 Å². The minimum Gasteiger partial charge on any atom is -0.394 e. The van der Waals surface area contributed by atoms with Crippen LogP contribution in [0.5, 0.6) is 0 Å². The number of halogens is 2. The Kier molecular flexibility index (Phi) is 7.34. The Labute approximate surface area is 194 Å². The van der Waals surface area contributed by atoms with Gasteiger partial charge >= 0.3 is 0 Å². The van der Waals surface area contributed by atoms with Crippen LogP contribution in [0.2, 0.25) is 5.02 Å². The van der Waals surface area contributed by atoms with Gasteiger partial charge in [-0.3, -0.25) is 4.79 Å². The second-order valence-corrected chi connectivity index (χ2v) is 8.25. The molecule has 1 unspecified atom stereocenters. The zero-order chi connectivity index (χ0) is 23.4. The molecule has 3 aromatic rings. The quantitative estimate of drug-likeness (QED) is 0.483. The van der Waals surface area contributed by atoms with Crippen molar-refractivity contribution >= 4 is 17.5 Å². The van der Waals surface area contributed by atoms with Crippen molar-refractivity contribution in [2.45, 2.75) is 31.0 Å². The molecule has 1 aliphatic heterocycles. The van der Waals surface area contributed by atoms with Gasteiger partial charge in [-0.1, -0.05) is 17.7 Å². The lowest BCUT2D eigenvalue weighted by atomic mass is 10.0. The van der Waals surface area contributed by atoms with Gasteiger partial charge in [-0.15, -0.1) is 0 Å². The molecule has 174 valence electrons. The lowest BCUT2D eigenvalue weighted by Gasteiger charge is -2.29. The van der Waals surface area contributed by atoms with E-state index in [9.17, 15) is 19.4 Å². The van der Waals surface area contributed by atoms with Crippen molar-refractivity contribution in [2.24, 2.45) is 0 Å². The molecule has 0 spiro atoms. The van der Waals surface area contributed by atoms with E-state index in [0.717, 1.165) is 6.42 Å². The Morgan fingerprint density at radius 1 is 1.27 bits per heavy atom. The Morgan fingerprint density at radius 2 is 2.12 bits per heavy atom. The summed E-state index contributed by atoms with van der Waals surface area (Å²) in [6.07, 6.45) is 4.36. The zero-order valence-electron chi connectivity index (χ0n) is 17.7. The van der Waals surface area contributed by atoms with Gasteiger partial charge in [0.15, 0.2) is 0 Å². The van der Waals surface area contributed by atoms with E-state index < -0.39 is 11.9 Å². The van der Waals surface area contributed by atoms with E-state index in [1.165, 1.54) is 22.8 Å². The topological polar surface area (TPSA) is 110 Å². The second kappa shape index (κ2) is 10.4. The molecule has 0 aliphatic carbocycles. The van der Waals surface area contributed by atoms with Gasteiger partial charge in [0, 0.05) is 36.7 Å². The summed E-state index contributed by atoms with van der Waals surface area (Å²) in [5.74, 6) is -0.196. The third kappa shape index (κ3) is 5.39. The highest BCUT2D eigenvalue weighted by Gasteiger charge is 2.22. The highest BCUT2D eigenvalue weighted by Crippen LogP contribution is 2.24. The fraction of sp³-hybridized carbons (Fsp3) is 0.348. The van der Waals surface area contributed by atoms with Gasteiger partial charge in [-0.25, -0.2) is 14.4 Å². The third-order valence-corrected chi connectivity index (χ3v) is 5.95. The molecule has 1 fully saturated rings. The first kappa shape index (κ1) is 23.3. The van der Waals surface area contributed by atoms with Crippen LogP contribution in [0.25, 0.3) is 11.3 Å². The average Bonchev–Trinajstić information content (AvgIpc) is 2.83. The van der Waals surface area contributed by atoms with Crippen molar-refractivity contribution in [1.82, 2.24) is 14.5 Å². The maximum atomic E-state index is 13.9. The maximum absolute atomic E-state index is 13.9. The van der Waals surface area contributed by atoms with E-state index in [1.54, 1.807) is 30.6 Å². The summed E-state index contributed by atoms with van der Waals surface area (Å²) in [6.45, 7) is 0.124. The summed E-state index contributed by atoms with van der Waals surface area (Å²) in [7, 11) is 0. The number of benzene rings is 1. The second-order valence-electron chi connectivity index (χ2n) is 7.84. The van der Waals surface area contributed by atoms with E-state index in [2.05, 4.69) is 15.3 Å². The fourth-order valence-corrected chi connectivity index (χ4v) is 4.01. The molecule has 3 atom stereocenters. The molecule has 0 bridgehead atoms. The van der Waals surface area contributed by atoms with Gasteiger partial charge < -0.3 is 24.8 Å². The fourth-order valence-electron chi connectivity index (χ4n) is 3.89. The minimum absolute atomic E-state index is 0.0288. The van der Waals surface area contributed by atoms with Crippen LogP contribution in [0.4, 0.5) is 10.3 Å². The van der Waals surface area contributed by atoms with Gasteiger partial charge in [0.25, 0.3) is 5.56 Å². The molecule has 10 heteroatoms. The van der Waals surface area contributed by atoms with Crippen LogP contribution >= 0.6 is 11.6 Å². The molecule has 33 heavy (non-hydrogen) atoms. The number of aromatic nitrogens is 3. The average molecular weight is 475 g/mol. The molecule has 1 saturated heterocycles. The number of nitrogens with one attached hydrogen (secondary N) is 1. The molecule has 3 heterocycles. The third-order valence-electron chi connectivity index (χ3n) is 5.64. The minimum atomic E-state index is -0.756. The normalized spacial score (nSPS) is 19.3. The van der Waals surface area contributed by atoms with Gasteiger partial charge in [-0.05, 0) is 42.7 Å². The Morgan fingerprint density at radius 3 is 2.85 bits per heavy atom. The van der Waals surface area contributed by atoms with Crippen molar-refractivity contribution in [3.8, 4) is 11.3 Å². The standard InChI is InChI=1S/C23H24ClFN4O4/c24-18-2-1-15(9-19(18)25)21(13-31)29-7-4-14(10-22(29)32)20-3-6-26-23(28-20)27-16-5-8-33-17(11-16)12-30/h1-4,6-7,9-10,16-17,21,30-31H,5,8,11-13H2,(H,26,27,28)/t16-,17+,21?/m0/s1. The molecule has 0 saturated carbocycles. The van der Waals surface area contributed by atoms with Gasteiger partial charge in [0.1, 0.15) is 5.82 Å². The number of hydrogen-bond donors (Lipinski definition) is 3. The van der Waals surface area contributed by atoms with Crippen molar-refractivity contribution < 1.29 is 19.3 Å². The number of aliphatic hydroxyl groups excluding tert-OH is 2. The Balaban J connectivity index is 1.56. The summed E-state index contributed by atoms with van der Waals surface area (Å²) < 4.78 is 20.7. The number of hydrogen-bond acceptors (Lipinski definition) is 7. The van der Waals surface area contributed by atoms with Crippen molar-refractivity contribution in [2.75, 3.05) is 25.1 Å². The van der Waals surface area contributed by atoms with Gasteiger partial charge in [-0.2, -0.15) is 0 Å². The number of aliphatic hydroxyl groups is 2. The SMILES string of the molecule is O=c1cc(-c2ccnc(N[C@H]3CCO[C@@H](CO)C3)n2)ccn1C(CO)c1ccc(Cl)c(F)c1. The van der Waals surface area contributed by atoms with E-state index in [1.807, 2.05) is 0 Å². The summed E-state index contributed by atoms with van der Waals surface area (Å²) in [5.41, 5.74) is 1.20. The molecule has 4 rings (SSSR count). The lowest BCUT2D eigenvalue weighted by molar-refractivity contribution is -0.0213. The number of anilines is 1. The van der Waals surface area contributed by atoms with Crippen LogP contribution in [0.1, 0.15) is 24.4 Å². The Bertz CT molecular complexity index is 1180. The summed E-state index contributed by atoms with van der Waals surface area (Å²) in [5, 5.41) is 22.4. The molecule has 0 amide bonds. The van der Waals surface area contributed by atoms with Crippen LogP contribution in [-0.2, 0) is 4.74 Å². The number of ether oxygens (including phenoxy) is 1. The Hall–Kier alpha value is -2.85. The number of nitrogens with zero attached hydrogens (tertiary/aromatic N) is 3. The number of pyridine rings is 1. The highest BCUT2D eigenvalue weighted by atomic mass is 35.5. The van der Waals surface area contributed by atoms with E-state index in [4.69, 9.17) is 16.3 Å². The van der Waals surface area contributed by atoms with E-state index in [-0.39, 0.29) is 35.9 Å². The van der Waals surface area contributed by atoms with Crippen LogP contribution < -0.4 is 10.9 Å². The number of rotatable bonds is 7. The summed E-state index contributed by atoms with van der Waals surface area (Å²) in [4.78, 5) is 21.6. The predicted octanol–water partition coefficient (Wildman–Crippen LogP) is 2.63. The lowest BCUT2D eigenvalue weighted by Crippen LogP contribution is -2.36. The highest BCUT2D eigenvalue weighted by molar-refractivity contribution is 6.30. The molecule has 2 aromatic heterocycles. The smallest absolute Gasteiger partial charge is 0.251 e. The van der Waals surface area contributed by atoms with Crippen LogP contribution in [0, 0.1) is 5.82 Å². The maximum Gasteiger partial charge on any atom is 0.251 e. The molecule has 8 nitrogen and oxygen atoms in total. The molecular formula is C23H24ClFN4O4. The molecule has 1 aliphatic rings. The van der Waals surface area contributed by atoms with Gasteiger partial charge in [0.05, 0.1) is 36.1 Å². The first-order valence-corrected chi connectivity index (χ1v) is 11.0. The zero-order valence-corrected chi connectivity index (χ0v) is 18.5. The van der Waals surface area contributed by atoms with Crippen LogP contribution in [0.15, 0.2) is 53.6 Å². The summed E-state index contributed by atoms with van der Waals surface area (Å²) >= 11 is 5.74. The summed E-state index contributed by atoms with van der Waals surface area (Å²) in [6, 6.07) is 8.32. The molecule has 3 N–H and O–H groups in total. The largest absolute Gasteiger partial charge is 0.394 e. The van der Waals surface area contributed by atoms with Crippen LogP contribution in [-0.4, -0.2) is 56.7 Å². The van der Waals surface area contributed by atoms with Crippen molar-refractivity contribution in [3.63, 3.8) is 0 Å². The first-order valence-electron chi connectivity index (χ1n) is 10.6. The van der Waals surface area contributed by atoms with Crippen LogP contribution in [0.3, 0.4) is 0 Å². The predicted molar refractivity (Wildman–Crippen MR) is 122 cm³/mol. The monoisotopic (exact) mass is 474 g/mol.